The van der Waals surface area contributed by atoms with Crippen LogP contribution in [0.1, 0.15) is 49.9 Å². The maximum absolute atomic E-state index is 12.9. The Morgan fingerprint density at radius 3 is 2.14 bits per heavy atom. The van der Waals surface area contributed by atoms with Gasteiger partial charge in [-0.15, -0.1) is 12.4 Å². The Balaban J connectivity index is 0.00000280. The molecule has 2 unspecified atom stereocenters. The van der Waals surface area contributed by atoms with E-state index in [4.69, 9.17) is 10.5 Å². The molecule has 1 amide bonds. The maximum atomic E-state index is 12.9. The van der Waals surface area contributed by atoms with Gasteiger partial charge in [-0.3, -0.25) is 4.79 Å². The number of nitrogens with two attached hydrogens (primary N) is 1. The molecule has 9 heteroatoms. The van der Waals surface area contributed by atoms with Crippen LogP contribution in [0.3, 0.4) is 0 Å². The highest BCUT2D eigenvalue weighted by molar-refractivity contribution is 7.89. The predicted octanol–water partition coefficient (Wildman–Crippen LogP) is 1.91. The number of benzene rings is 1. The van der Waals surface area contributed by atoms with Crippen molar-refractivity contribution in [2.24, 2.45) is 5.73 Å². The number of rotatable bonds is 4. The zero-order chi connectivity index (χ0) is 19.6. The number of carbonyl (C=O) groups is 1. The van der Waals surface area contributed by atoms with E-state index in [0.29, 0.717) is 18.7 Å². The van der Waals surface area contributed by atoms with Crippen LogP contribution in [0.25, 0.3) is 0 Å². The van der Waals surface area contributed by atoms with Gasteiger partial charge in [0.15, 0.2) is 0 Å². The summed E-state index contributed by atoms with van der Waals surface area (Å²) in [7, 11) is -3.60. The fourth-order valence-corrected chi connectivity index (χ4v) is 5.38. The first-order valence-electron chi connectivity index (χ1n) is 9.58. The molecule has 0 bridgehead atoms. The van der Waals surface area contributed by atoms with E-state index in [-0.39, 0.29) is 47.5 Å². The molecular weight excluding hydrogens is 402 g/mol. The largest absolute Gasteiger partial charge is 0.373 e. The van der Waals surface area contributed by atoms with Gasteiger partial charge in [-0.05, 0) is 63.8 Å². The Morgan fingerprint density at radius 2 is 1.61 bits per heavy atom. The number of ether oxygens (including phenoxy) is 1. The second-order valence-electron chi connectivity index (χ2n) is 7.69. The molecule has 2 atom stereocenters. The van der Waals surface area contributed by atoms with Crippen molar-refractivity contribution < 1.29 is 17.9 Å². The molecule has 3 rings (SSSR count). The van der Waals surface area contributed by atoms with Crippen molar-refractivity contribution in [1.82, 2.24) is 9.62 Å². The summed E-state index contributed by atoms with van der Waals surface area (Å²) >= 11 is 0. The molecule has 7 nitrogen and oxygen atoms in total. The molecule has 0 radical (unpaired) electrons. The first-order chi connectivity index (χ1) is 12.8. The number of carbonyl (C=O) groups excluding carboxylic acids is 1. The lowest BCUT2D eigenvalue weighted by Gasteiger charge is -2.34. The maximum Gasteiger partial charge on any atom is 0.251 e. The molecule has 3 N–H and O–H groups in total. The number of morpholine rings is 1. The minimum atomic E-state index is -3.60. The van der Waals surface area contributed by atoms with E-state index in [9.17, 15) is 13.2 Å². The first-order valence-corrected chi connectivity index (χ1v) is 11.0. The molecule has 2 fully saturated rings. The molecule has 158 valence electrons. The van der Waals surface area contributed by atoms with Crippen molar-refractivity contribution in [3.05, 3.63) is 29.8 Å². The van der Waals surface area contributed by atoms with Crippen LogP contribution in [0.5, 0.6) is 0 Å². The second kappa shape index (κ2) is 9.54. The van der Waals surface area contributed by atoms with E-state index >= 15 is 0 Å². The summed E-state index contributed by atoms with van der Waals surface area (Å²) in [6.45, 7) is 4.39. The fourth-order valence-electron chi connectivity index (χ4n) is 3.79. The van der Waals surface area contributed by atoms with E-state index in [1.54, 1.807) is 12.1 Å². The Hall–Kier alpha value is -1.19. The molecule has 1 aliphatic heterocycles. The lowest BCUT2D eigenvalue weighted by atomic mass is 9.91. The van der Waals surface area contributed by atoms with Gasteiger partial charge < -0.3 is 15.8 Å². The van der Waals surface area contributed by atoms with Crippen molar-refractivity contribution in [2.45, 2.75) is 68.7 Å². The summed E-state index contributed by atoms with van der Waals surface area (Å²) in [6, 6.07) is 6.52. The van der Waals surface area contributed by atoms with Gasteiger partial charge >= 0.3 is 0 Å². The summed E-state index contributed by atoms with van der Waals surface area (Å²) < 4.78 is 32.8. The summed E-state index contributed by atoms with van der Waals surface area (Å²) in [6.07, 6.45) is 3.31. The Bertz CT molecular complexity index is 754. The van der Waals surface area contributed by atoms with E-state index in [2.05, 4.69) is 5.32 Å². The van der Waals surface area contributed by atoms with E-state index in [1.807, 2.05) is 13.8 Å². The summed E-state index contributed by atoms with van der Waals surface area (Å²) in [5.74, 6) is -0.173. The van der Waals surface area contributed by atoms with Crippen molar-refractivity contribution in [1.29, 1.82) is 0 Å². The standard InChI is InChI=1S/C19H29N3O4S.ClH/c1-13-11-22(12-14(2)26-13)27(24,25)18-9-3-15(4-10-18)19(23)21-17-7-5-16(20)6-8-17;/h3-4,9-10,13-14,16-17H,5-8,11-12,20H2,1-2H3,(H,21,23);1H. The van der Waals surface area contributed by atoms with Crippen LogP contribution in [0, 0.1) is 0 Å². The third-order valence-electron chi connectivity index (χ3n) is 5.25. The number of amides is 1. The quantitative estimate of drug-likeness (QED) is 0.758. The minimum Gasteiger partial charge on any atom is -0.373 e. The Kier molecular flexibility index (Phi) is 7.87. The fraction of sp³-hybridized carbons (Fsp3) is 0.632. The normalized spacial score (nSPS) is 29.0. The topological polar surface area (TPSA) is 102 Å². The van der Waals surface area contributed by atoms with Gasteiger partial charge in [0, 0.05) is 30.7 Å². The van der Waals surface area contributed by atoms with Gasteiger partial charge in [0.2, 0.25) is 10.0 Å². The van der Waals surface area contributed by atoms with Gasteiger partial charge in [0.05, 0.1) is 17.1 Å². The van der Waals surface area contributed by atoms with Crippen molar-refractivity contribution in [3.63, 3.8) is 0 Å². The first kappa shape index (κ1) is 23.1. The second-order valence-corrected chi connectivity index (χ2v) is 9.63. The zero-order valence-electron chi connectivity index (χ0n) is 16.3. The molecule has 1 heterocycles. The smallest absolute Gasteiger partial charge is 0.251 e. The van der Waals surface area contributed by atoms with E-state index in [1.165, 1.54) is 16.4 Å². The average molecular weight is 432 g/mol. The lowest BCUT2D eigenvalue weighted by Crippen LogP contribution is -2.48. The molecule has 2 aliphatic rings. The average Bonchev–Trinajstić information content (AvgIpc) is 2.63. The molecule has 28 heavy (non-hydrogen) atoms. The molecule has 1 saturated heterocycles. The molecular formula is C19H30ClN3O4S. The number of nitrogens with one attached hydrogen (secondary N) is 1. The third kappa shape index (κ3) is 5.45. The van der Waals surface area contributed by atoms with Gasteiger partial charge in [-0.25, -0.2) is 8.42 Å². The van der Waals surface area contributed by atoms with Crippen LogP contribution in [0.15, 0.2) is 29.2 Å². The van der Waals surface area contributed by atoms with E-state index in [0.717, 1.165) is 25.7 Å². The van der Waals surface area contributed by atoms with Crippen molar-refractivity contribution in [3.8, 4) is 0 Å². The number of nitrogens with zero attached hydrogens (tertiary/aromatic N) is 1. The SMILES string of the molecule is CC1CN(S(=O)(=O)c2ccc(C(=O)NC3CCC(N)CC3)cc2)CC(C)O1.Cl. The van der Waals surface area contributed by atoms with Gasteiger partial charge in [-0.1, -0.05) is 0 Å². The number of halogens is 1. The van der Waals surface area contributed by atoms with Crippen molar-refractivity contribution >= 4 is 28.3 Å². The summed E-state index contributed by atoms with van der Waals surface area (Å²) in [5.41, 5.74) is 6.36. The summed E-state index contributed by atoms with van der Waals surface area (Å²) in [5, 5.41) is 3.02. The van der Waals surface area contributed by atoms with Gasteiger partial charge in [0.1, 0.15) is 0 Å². The van der Waals surface area contributed by atoms with Crippen molar-refractivity contribution in [2.75, 3.05) is 13.1 Å². The Labute approximate surface area is 173 Å². The van der Waals surface area contributed by atoms with Crippen LogP contribution >= 0.6 is 12.4 Å². The molecule has 1 aromatic rings. The predicted molar refractivity (Wildman–Crippen MR) is 110 cm³/mol. The number of sulfonamides is 1. The number of hydrogen-bond donors (Lipinski definition) is 2. The molecule has 1 saturated carbocycles. The zero-order valence-corrected chi connectivity index (χ0v) is 18.0. The molecule has 1 aromatic carbocycles. The molecule has 0 aromatic heterocycles. The summed E-state index contributed by atoms with van der Waals surface area (Å²) in [4.78, 5) is 12.6. The number of hydrogen-bond acceptors (Lipinski definition) is 5. The van der Waals surface area contributed by atoms with Crippen LogP contribution in [-0.2, 0) is 14.8 Å². The van der Waals surface area contributed by atoms with Crippen LogP contribution in [0.2, 0.25) is 0 Å². The highest BCUT2D eigenvalue weighted by Gasteiger charge is 2.32. The monoisotopic (exact) mass is 431 g/mol. The highest BCUT2D eigenvalue weighted by atomic mass is 35.5. The van der Waals surface area contributed by atoms with Gasteiger partial charge in [0.25, 0.3) is 5.91 Å². The molecule has 1 aliphatic carbocycles. The highest BCUT2D eigenvalue weighted by Crippen LogP contribution is 2.22. The van der Waals surface area contributed by atoms with Gasteiger partial charge in [-0.2, -0.15) is 4.31 Å². The third-order valence-corrected chi connectivity index (χ3v) is 7.09. The van der Waals surface area contributed by atoms with E-state index < -0.39 is 10.0 Å². The van der Waals surface area contributed by atoms with Crippen LogP contribution in [0.4, 0.5) is 0 Å². The van der Waals surface area contributed by atoms with Crippen LogP contribution in [-0.4, -0.2) is 56.0 Å². The molecule has 0 spiro atoms. The minimum absolute atomic E-state index is 0. The Morgan fingerprint density at radius 1 is 1.07 bits per heavy atom. The lowest BCUT2D eigenvalue weighted by molar-refractivity contribution is -0.0440. The van der Waals surface area contributed by atoms with Crippen LogP contribution < -0.4 is 11.1 Å².